The van der Waals surface area contributed by atoms with Crippen molar-refractivity contribution in [2.75, 3.05) is 0 Å². The van der Waals surface area contributed by atoms with Crippen molar-refractivity contribution >= 4 is 28.8 Å². The molecular weight excluding hydrogens is 340 g/mol. The largest absolute Gasteiger partial charge is 0.179 e. The van der Waals surface area contributed by atoms with E-state index >= 15 is 0 Å². The molecule has 0 saturated carbocycles. The number of aryl methyl sites for hydroxylation is 1. The summed E-state index contributed by atoms with van der Waals surface area (Å²) >= 11 is 0. The van der Waals surface area contributed by atoms with Crippen molar-refractivity contribution in [2.45, 2.75) is 13.3 Å². The first-order valence-electron chi connectivity index (χ1n) is 9.61. The van der Waals surface area contributed by atoms with Crippen molar-refractivity contribution in [3.8, 4) is 0 Å². The van der Waals surface area contributed by atoms with Crippen LogP contribution in [0.3, 0.4) is 0 Å². The third kappa shape index (κ3) is 3.15. The molecule has 0 bridgehead atoms. The van der Waals surface area contributed by atoms with Crippen LogP contribution < -0.4 is 20.7 Å². The molecule has 0 unspecified atom stereocenters. The number of rotatable bonds is 5. The zero-order valence-electron chi connectivity index (χ0n) is 15.7. The maximum atomic E-state index is 2.36. The van der Waals surface area contributed by atoms with Gasteiger partial charge in [-0.1, -0.05) is 122 Å². The lowest BCUT2D eigenvalue weighted by Crippen LogP contribution is -2.74. The van der Waals surface area contributed by atoms with Crippen molar-refractivity contribution < 1.29 is 0 Å². The van der Waals surface area contributed by atoms with Crippen LogP contribution in [-0.4, -0.2) is 8.07 Å². The molecule has 0 saturated heterocycles. The summed E-state index contributed by atoms with van der Waals surface area (Å²) in [5.41, 5.74) is 1.39. The van der Waals surface area contributed by atoms with Crippen LogP contribution in [0, 0.1) is 0 Å². The molecule has 4 aromatic rings. The summed E-state index contributed by atoms with van der Waals surface area (Å²) in [5, 5.41) is 5.70. The van der Waals surface area contributed by atoms with Gasteiger partial charge in [0.1, 0.15) is 0 Å². The minimum absolute atomic E-state index is 1.07. The molecule has 4 aromatic carbocycles. The average molecular weight is 365 g/mol. The van der Waals surface area contributed by atoms with Gasteiger partial charge in [-0.25, -0.2) is 0 Å². The molecule has 132 valence electrons. The summed E-state index contributed by atoms with van der Waals surface area (Å²) in [5.74, 6) is 0. The predicted octanol–water partition coefficient (Wildman–Crippen LogP) is 3.63. The molecular formula is C26H24Si. The van der Waals surface area contributed by atoms with Crippen molar-refractivity contribution in [2.24, 2.45) is 0 Å². The Hall–Kier alpha value is -2.90. The first-order valence-corrected chi connectivity index (χ1v) is 11.6. The Bertz CT molecular complexity index is 878. The summed E-state index contributed by atoms with van der Waals surface area (Å²) in [7, 11) is -2.34. The molecule has 0 aliphatic heterocycles. The van der Waals surface area contributed by atoms with Gasteiger partial charge in [0, 0.05) is 0 Å². The normalized spacial score (nSPS) is 11.3. The van der Waals surface area contributed by atoms with Gasteiger partial charge in [-0.15, -0.1) is 0 Å². The average Bonchev–Trinajstić information content (AvgIpc) is 2.77. The molecule has 4 rings (SSSR count). The standard InChI is InChI=1S/C26H24Si/c1-2-22-18-20-26(21-19-22)27(23-12-6-3-7-13-23,24-14-8-4-9-15-24)25-16-10-5-11-17-25/h3-21H,2H2,1H3. The molecule has 0 atom stereocenters. The Morgan fingerprint density at radius 1 is 0.444 bits per heavy atom. The van der Waals surface area contributed by atoms with E-state index < -0.39 is 8.07 Å². The van der Waals surface area contributed by atoms with E-state index in [0.717, 1.165) is 6.42 Å². The summed E-state index contributed by atoms with van der Waals surface area (Å²) in [6.07, 6.45) is 1.07. The fourth-order valence-electron chi connectivity index (χ4n) is 4.05. The number of hydrogen-bond donors (Lipinski definition) is 0. The number of benzene rings is 4. The summed E-state index contributed by atoms with van der Waals surface area (Å²) in [6.45, 7) is 2.21. The van der Waals surface area contributed by atoms with Gasteiger partial charge in [-0.05, 0) is 32.7 Å². The first-order chi connectivity index (χ1) is 13.4. The quantitative estimate of drug-likeness (QED) is 0.375. The molecule has 0 N–H and O–H groups in total. The van der Waals surface area contributed by atoms with Gasteiger partial charge in [-0.2, -0.15) is 0 Å². The minimum atomic E-state index is -2.34. The molecule has 0 aliphatic rings. The monoisotopic (exact) mass is 364 g/mol. The molecule has 0 fully saturated rings. The molecule has 0 radical (unpaired) electrons. The molecule has 0 heterocycles. The molecule has 0 spiro atoms. The lowest BCUT2D eigenvalue weighted by atomic mass is 10.2. The van der Waals surface area contributed by atoms with Crippen LogP contribution in [0.2, 0.25) is 0 Å². The van der Waals surface area contributed by atoms with Crippen LogP contribution >= 0.6 is 0 Å². The Morgan fingerprint density at radius 3 is 1.11 bits per heavy atom. The number of hydrogen-bond acceptors (Lipinski definition) is 0. The highest BCUT2D eigenvalue weighted by Gasteiger charge is 2.40. The molecule has 0 amide bonds. The predicted molar refractivity (Wildman–Crippen MR) is 119 cm³/mol. The van der Waals surface area contributed by atoms with Gasteiger partial charge in [0.15, 0.2) is 8.07 Å². The van der Waals surface area contributed by atoms with E-state index in [-0.39, 0.29) is 0 Å². The second-order valence-corrected chi connectivity index (χ2v) is 10.7. The topological polar surface area (TPSA) is 0 Å². The van der Waals surface area contributed by atoms with Crippen molar-refractivity contribution in [3.05, 3.63) is 121 Å². The highest BCUT2D eigenvalue weighted by Crippen LogP contribution is 2.10. The van der Waals surface area contributed by atoms with E-state index in [0.29, 0.717) is 0 Å². The van der Waals surface area contributed by atoms with Crippen LogP contribution in [0.25, 0.3) is 0 Å². The van der Waals surface area contributed by atoms with Crippen molar-refractivity contribution in [1.29, 1.82) is 0 Å². The van der Waals surface area contributed by atoms with Gasteiger partial charge >= 0.3 is 0 Å². The summed E-state index contributed by atoms with van der Waals surface area (Å²) in [4.78, 5) is 0. The van der Waals surface area contributed by atoms with Gasteiger partial charge in [0.05, 0.1) is 0 Å². The zero-order valence-corrected chi connectivity index (χ0v) is 16.7. The SMILES string of the molecule is CCc1ccc([Si](c2ccccc2)(c2ccccc2)c2ccccc2)cc1. The molecule has 0 nitrogen and oxygen atoms in total. The Labute approximate surface area is 163 Å². The van der Waals surface area contributed by atoms with E-state index in [2.05, 4.69) is 122 Å². The Kier molecular flexibility index (Phi) is 5.04. The van der Waals surface area contributed by atoms with Crippen LogP contribution in [-0.2, 0) is 6.42 Å². The second-order valence-electron chi connectivity index (χ2n) is 6.90. The molecule has 27 heavy (non-hydrogen) atoms. The van der Waals surface area contributed by atoms with E-state index in [1.807, 2.05) is 0 Å². The maximum Gasteiger partial charge on any atom is 0.179 e. The van der Waals surface area contributed by atoms with Crippen molar-refractivity contribution in [1.82, 2.24) is 0 Å². The fourth-order valence-corrected chi connectivity index (χ4v) is 8.80. The Balaban J connectivity index is 2.09. The summed E-state index contributed by atoms with van der Waals surface area (Å²) < 4.78 is 0. The highest BCUT2D eigenvalue weighted by atomic mass is 28.3. The van der Waals surface area contributed by atoms with Crippen LogP contribution in [0.15, 0.2) is 115 Å². The third-order valence-corrected chi connectivity index (χ3v) is 10.2. The zero-order chi connectivity index (χ0) is 18.5. The highest BCUT2D eigenvalue weighted by molar-refractivity contribution is 7.19. The summed E-state index contributed by atoms with van der Waals surface area (Å²) in [6, 6.07) is 42.5. The van der Waals surface area contributed by atoms with E-state index in [9.17, 15) is 0 Å². The van der Waals surface area contributed by atoms with E-state index in [1.54, 1.807) is 0 Å². The van der Waals surface area contributed by atoms with E-state index in [1.165, 1.54) is 26.3 Å². The van der Waals surface area contributed by atoms with Gasteiger partial charge in [0.2, 0.25) is 0 Å². The second kappa shape index (κ2) is 7.77. The van der Waals surface area contributed by atoms with Crippen LogP contribution in [0.4, 0.5) is 0 Å². The fraction of sp³-hybridized carbons (Fsp3) is 0.0769. The molecule has 0 aromatic heterocycles. The van der Waals surface area contributed by atoms with Crippen molar-refractivity contribution in [3.63, 3.8) is 0 Å². The van der Waals surface area contributed by atoms with Gasteiger partial charge in [-0.3, -0.25) is 0 Å². The molecule has 0 aliphatic carbocycles. The third-order valence-electron chi connectivity index (χ3n) is 5.42. The smallest absolute Gasteiger partial charge is 0.0623 e. The lowest BCUT2D eigenvalue weighted by Gasteiger charge is -2.34. The van der Waals surface area contributed by atoms with Gasteiger partial charge < -0.3 is 0 Å². The van der Waals surface area contributed by atoms with E-state index in [4.69, 9.17) is 0 Å². The maximum absolute atomic E-state index is 2.36. The van der Waals surface area contributed by atoms with Crippen LogP contribution in [0.1, 0.15) is 12.5 Å². The minimum Gasteiger partial charge on any atom is -0.0623 e. The van der Waals surface area contributed by atoms with Gasteiger partial charge in [0.25, 0.3) is 0 Å². The van der Waals surface area contributed by atoms with Crippen LogP contribution in [0.5, 0.6) is 0 Å². The Morgan fingerprint density at radius 2 is 0.778 bits per heavy atom. The molecule has 1 heteroatoms. The lowest BCUT2D eigenvalue weighted by molar-refractivity contribution is 1.14. The first kappa shape index (κ1) is 17.5.